The molecule has 1 atom stereocenters. The van der Waals surface area contributed by atoms with Gasteiger partial charge in [0.05, 0.1) is 30.0 Å². The Bertz CT molecular complexity index is 2760. The number of halogens is 2. The summed E-state index contributed by atoms with van der Waals surface area (Å²) in [6.45, 7) is 12.1. The van der Waals surface area contributed by atoms with E-state index in [1.807, 2.05) is 53.9 Å². The number of imidazole rings is 1. The highest BCUT2D eigenvalue weighted by Crippen LogP contribution is 2.33. The fourth-order valence-electron chi connectivity index (χ4n) is 11.1. The van der Waals surface area contributed by atoms with Crippen LogP contribution in [-0.2, 0) is 46.8 Å². The number of carbonyl (C=O) groups is 3. The number of hydrogen-bond donors (Lipinski definition) is 1. The molecule has 18 heteroatoms. The Morgan fingerprint density at radius 2 is 1.59 bits per heavy atom. The van der Waals surface area contributed by atoms with Crippen LogP contribution in [0.5, 0.6) is 0 Å². The van der Waals surface area contributed by atoms with Gasteiger partial charge in [-0.3, -0.25) is 38.5 Å². The molecule has 2 amide bonds. The number of amides is 2. The van der Waals surface area contributed by atoms with E-state index < -0.39 is 17.7 Å². The lowest BCUT2D eigenvalue weighted by atomic mass is 9.96. The zero-order valence-electron chi connectivity index (χ0n) is 43.6. The molecule has 398 valence electrons. The maximum Gasteiger partial charge on any atom is 0.337 e. The van der Waals surface area contributed by atoms with Gasteiger partial charge in [0.25, 0.3) is 5.92 Å². The smallest absolute Gasteiger partial charge is 0.337 e. The number of benzene rings is 2. The van der Waals surface area contributed by atoms with Crippen molar-refractivity contribution >= 4 is 29.3 Å². The zero-order valence-corrected chi connectivity index (χ0v) is 43.6. The SMILES string of the molecule is C1CCC1.CN(Cc1cc(N2CCCN(CC3CCN(CCOC4CCN(Cc5cc(C(C)(F)F)c6cn(-c7cccc(Cc8nncn8C)c7)c(=O)n6c5)CC4)CC3)CC2)ccc1C=O)C1CCC(=O)NC1=O. The molecule has 1 N–H and O–H groups in total. The van der Waals surface area contributed by atoms with E-state index in [1.54, 1.807) is 24.7 Å². The van der Waals surface area contributed by atoms with Crippen molar-refractivity contribution < 1.29 is 27.9 Å². The Balaban J connectivity index is 0.00000160. The van der Waals surface area contributed by atoms with Gasteiger partial charge in [-0.2, -0.15) is 0 Å². The molecule has 0 bridgehead atoms. The molecule has 7 heterocycles. The monoisotopic (exact) mass is 1020 g/mol. The molecular formula is C56H75F2N11O5. The van der Waals surface area contributed by atoms with Crippen molar-refractivity contribution in [2.45, 2.75) is 115 Å². The molecular weight excluding hydrogens is 945 g/mol. The maximum atomic E-state index is 15.2. The highest BCUT2D eigenvalue weighted by atomic mass is 19.3. The Labute approximate surface area is 433 Å². The fourth-order valence-corrected chi connectivity index (χ4v) is 11.1. The van der Waals surface area contributed by atoms with Crippen molar-refractivity contribution in [1.29, 1.82) is 0 Å². The second-order valence-electron chi connectivity index (χ2n) is 21.5. The molecule has 16 nitrogen and oxygen atoms in total. The number of imide groups is 1. The van der Waals surface area contributed by atoms with E-state index in [9.17, 15) is 19.2 Å². The molecule has 74 heavy (non-hydrogen) atoms. The van der Waals surface area contributed by atoms with Gasteiger partial charge in [0.15, 0.2) is 0 Å². The van der Waals surface area contributed by atoms with Gasteiger partial charge in [0, 0.05) is 115 Å². The van der Waals surface area contributed by atoms with Gasteiger partial charge < -0.3 is 24.0 Å². The molecule has 5 aliphatic rings. The molecule has 10 rings (SSSR count). The van der Waals surface area contributed by atoms with Crippen LogP contribution in [0.2, 0.25) is 0 Å². The summed E-state index contributed by atoms with van der Waals surface area (Å²) < 4.78 is 41.5. The summed E-state index contributed by atoms with van der Waals surface area (Å²) in [5.41, 5.74) is 4.41. The molecule has 0 radical (unpaired) electrons. The number of piperidine rings is 3. The van der Waals surface area contributed by atoms with Crippen LogP contribution in [-0.4, -0.2) is 153 Å². The second-order valence-corrected chi connectivity index (χ2v) is 21.5. The van der Waals surface area contributed by atoms with Crippen LogP contribution in [0, 0.1) is 5.92 Å². The number of hydrogen-bond acceptors (Lipinski definition) is 12. The van der Waals surface area contributed by atoms with Crippen molar-refractivity contribution in [2.24, 2.45) is 13.0 Å². The van der Waals surface area contributed by atoms with E-state index in [2.05, 4.69) is 41.2 Å². The maximum absolute atomic E-state index is 15.2. The number of pyridine rings is 1. The summed E-state index contributed by atoms with van der Waals surface area (Å²) in [4.78, 5) is 61.7. The van der Waals surface area contributed by atoms with Gasteiger partial charge in [0.1, 0.15) is 18.4 Å². The van der Waals surface area contributed by atoms with Gasteiger partial charge in [-0.25, -0.2) is 13.6 Å². The molecule has 4 saturated heterocycles. The first-order valence-electron chi connectivity index (χ1n) is 27.0. The minimum Gasteiger partial charge on any atom is -0.377 e. The number of aryl methyl sites for hydroxylation is 1. The van der Waals surface area contributed by atoms with Crippen LogP contribution >= 0.6 is 0 Å². The average molecular weight is 1020 g/mol. The number of aromatic nitrogens is 5. The molecule has 1 unspecified atom stereocenters. The first-order valence-corrected chi connectivity index (χ1v) is 27.0. The Morgan fingerprint density at radius 1 is 0.824 bits per heavy atom. The van der Waals surface area contributed by atoms with Crippen molar-refractivity contribution in [1.82, 2.24) is 48.6 Å². The third-order valence-corrected chi connectivity index (χ3v) is 15.9. The van der Waals surface area contributed by atoms with Crippen LogP contribution in [0.1, 0.15) is 116 Å². The number of likely N-dealkylation sites (N-methyl/N-ethyl adjacent to an activating group) is 1. The number of carbonyl (C=O) groups excluding carboxylic acids is 3. The van der Waals surface area contributed by atoms with Gasteiger partial charge >= 0.3 is 5.69 Å². The molecule has 4 aliphatic heterocycles. The minimum atomic E-state index is -3.15. The highest BCUT2D eigenvalue weighted by Gasteiger charge is 2.32. The normalized spacial score (nSPS) is 20.1. The number of anilines is 1. The lowest BCUT2D eigenvalue weighted by molar-refractivity contribution is -0.137. The largest absolute Gasteiger partial charge is 0.377 e. The van der Waals surface area contributed by atoms with Gasteiger partial charge in [-0.1, -0.05) is 37.8 Å². The van der Waals surface area contributed by atoms with Crippen LogP contribution < -0.4 is 15.9 Å². The summed E-state index contributed by atoms with van der Waals surface area (Å²) >= 11 is 0. The summed E-state index contributed by atoms with van der Waals surface area (Å²) in [5, 5.41) is 10.6. The minimum absolute atomic E-state index is 0.157. The molecule has 2 aromatic carbocycles. The summed E-state index contributed by atoms with van der Waals surface area (Å²) in [6, 6.07) is 14.7. The number of rotatable bonds is 17. The van der Waals surface area contributed by atoms with Gasteiger partial charge in [0.2, 0.25) is 11.8 Å². The number of alkyl halides is 2. The topological polar surface area (TPSA) is 146 Å². The van der Waals surface area contributed by atoms with E-state index in [1.165, 1.54) is 53.7 Å². The summed E-state index contributed by atoms with van der Waals surface area (Å²) in [7, 11) is 3.74. The fraction of sp³-hybridized carbons (Fsp3) is 0.571. The third-order valence-electron chi connectivity index (χ3n) is 15.9. The summed E-state index contributed by atoms with van der Waals surface area (Å²) in [6.07, 6.45) is 18.3. The van der Waals surface area contributed by atoms with Crippen molar-refractivity contribution in [2.75, 3.05) is 84.0 Å². The Kier molecular flexibility index (Phi) is 17.5. The molecule has 0 spiro atoms. The third kappa shape index (κ3) is 13.4. The van der Waals surface area contributed by atoms with Gasteiger partial charge in [-0.05, 0) is 124 Å². The number of ether oxygens (including phenoxy) is 1. The summed E-state index contributed by atoms with van der Waals surface area (Å²) in [5.74, 6) is -2.23. The van der Waals surface area contributed by atoms with E-state index in [4.69, 9.17) is 4.74 Å². The van der Waals surface area contributed by atoms with Gasteiger partial charge in [-0.15, -0.1) is 10.2 Å². The number of nitrogens with zero attached hydrogens (tertiary/aromatic N) is 10. The quantitative estimate of drug-likeness (QED) is 0.0809. The van der Waals surface area contributed by atoms with Crippen LogP contribution in [0.25, 0.3) is 11.2 Å². The number of aldehydes is 1. The highest BCUT2D eigenvalue weighted by molar-refractivity contribution is 6.00. The molecule has 1 aliphatic carbocycles. The Morgan fingerprint density at radius 3 is 2.30 bits per heavy atom. The van der Waals surface area contributed by atoms with Crippen LogP contribution in [0.15, 0.2) is 72.0 Å². The predicted molar refractivity (Wildman–Crippen MR) is 281 cm³/mol. The predicted octanol–water partition coefficient (Wildman–Crippen LogP) is 6.44. The number of fused-ring (bicyclic) bond motifs is 1. The number of likely N-dealkylation sites (tertiary alicyclic amines) is 2. The van der Waals surface area contributed by atoms with E-state index >= 15 is 8.78 Å². The molecule has 5 fully saturated rings. The number of nitrogens with one attached hydrogen (secondary N) is 1. The second kappa shape index (κ2) is 24.3. The standard InChI is InChI=1S/C52H67F2N11O5.C4H8/c1-52(53,54)45-27-39(32-65-47(45)34-64(51(65)69)43-7-4-6-38(26-43)28-48-57-55-36-59(48)3)31-62-20-14-44(15-21-62)70-25-24-60-18-12-37(13-19-60)30-61-16-5-17-63(23-22-61)42-9-8-40(35-66)41(29-42)33-58(2)46-10-11-49(67)56-50(46)68;1-2-4-3-1/h4,6-9,26-27,29,32,34-37,44,46H,5,10-25,28,30-31,33H2,1-3H3,(H,56,67,68);1-4H2. The molecule has 1 saturated carbocycles. The molecule has 5 aromatic rings. The van der Waals surface area contributed by atoms with Crippen molar-refractivity contribution in [3.63, 3.8) is 0 Å². The Hall–Kier alpha value is -5.66. The van der Waals surface area contributed by atoms with Crippen LogP contribution in [0.3, 0.4) is 0 Å². The van der Waals surface area contributed by atoms with Crippen molar-refractivity contribution in [3.05, 3.63) is 111 Å². The van der Waals surface area contributed by atoms with Crippen molar-refractivity contribution in [3.8, 4) is 5.69 Å². The average Bonchev–Trinajstić information content (AvgIpc) is 3.82. The van der Waals surface area contributed by atoms with Crippen LogP contribution in [0.4, 0.5) is 14.5 Å². The zero-order chi connectivity index (χ0) is 51.8. The first kappa shape index (κ1) is 53.2. The lowest BCUT2D eigenvalue weighted by Crippen LogP contribution is -2.51. The van der Waals surface area contributed by atoms with E-state index in [0.717, 1.165) is 121 Å². The van der Waals surface area contributed by atoms with E-state index in [0.29, 0.717) is 61.7 Å². The molecule has 3 aromatic heterocycles. The lowest BCUT2D eigenvalue weighted by Gasteiger charge is -2.35. The first-order chi connectivity index (χ1) is 35.8. The van der Waals surface area contributed by atoms with E-state index in [-0.39, 0.29) is 29.0 Å².